The van der Waals surface area contributed by atoms with Gasteiger partial charge >= 0.3 is 5.97 Å². The number of halogens is 2. The second-order valence-corrected chi connectivity index (χ2v) is 5.04. The van der Waals surface area contributed by atoms with Gasteiger partial charge < -0.3 is 15.8 Å². The maximum absolute atomic E-state index is 13.5. The molecule has 1 unspecified atom stereocenters. The molecule has 0 heterocycles. The van der Waals surface area contributed by atoms with Crippen molar-refractivity contribution in [3.63, 3.8) is 0 Å². The van der Waals surface area contributed by atoms with E-state index in [4.69, 9.17) is 10.5 Å². The van der Waals surface area contributed by atoms with Crippen molar-refractivity contribution in [1.29, 1.82) is 0 Å². The Kier molecular flexibility index (Phi) is 5.63. The lowest BCUT2D eigenvalue weighted by Crippen LogP contribution is -2.37. The van der Waals surface area contributed by atoms with Crippen molar-refractivity contribution in [3.05, 3.63) is 29.3 Å². The Morgan fingerprint density at radius 2 is 1.86 bits per heavy atom. The Labute approximate surface area is 121 Å². The van der Waals surface area contributed by atoms with Gasteiger partial charge in [0.15, 0.2) is 6.10 Å². The van der Waals surface area contributed by atoms with Crippen molar-refractivity contribution < 1.29 is 23.1 Å². The summed E-state index contributed by atoms with van der Waals surface area (Å²) in [5, 5.41) is 2.57. The average molecular weight is 300 g/mol. The summed E-state index contributed by atoms with van der Waals surface area (Å²) in [7, 11) is 0. The third-order valence-electron chi connectivity index (χ3n) is 2.64. The molecule has 21 heavy (non-hydrogen) atoms. The summed E-state index contributed by atoms with van der Waals surface area (Å²) in [6, 6.07) is 1.33. The quantitative estimate of drug-likeness (QED) is 0.642. The topological polar surface area (TPSA) is 81.4 Å². The summed E-state index contributed by atoms with van der Waals surface area (Å²) in [6.45, 7) is 5.58. The van der Waals surface area contributed by atoms with E-state index in [9.17, 15) is 18.4 Å². The number of nitrogen functional groups attached to an aromatic ring is 1. The number of carbonyl (C=O) groups is 2. The van der Waals surface area contributed by atoms with Crippen LogP contribution < -0.4 is 11.1 Å². The fourth-order valence-corrected chi connectivity index (χ4v) is 1.44. The Hall–Kier alpha value is -2.18. The van der Waals surface area contributed by atoms with Crippen molar-refractivity contribution in [3.8, 4) is 0 Å². The maximum Gasteiger partial charge on any atom is 0.342 e. The smallest absolute Gasteiger partial charge is 0.342 e. The van der Waals surface area contributed by atoms with E-state index in [1.165, 1.54) is 6.92 Å². The van der Waals surface area contributed by atoms with Gasteiger partial charge in [0.05, 0.1) is 11.3 Å². The van der Waals surface area contributed by atoms with Gasteiger partial charge in [-0.3, -0.25) is 4.79 Å². The van der Waals surface area contributed by atoms with E-state index < -0.39 is 40.9 Å². The van der Waals surface area contributed by atoms with Gasteiger partial charge in [0.1, 0.15) is 11.6 Å². The molecular formula is C14H18F2N2O3. The third-order valence-corrected chi connectivity index (χ3v) is 2.64. The van der Waals surface area contributed by atoms with Crippen molar-refractivity contribution in [2.45, 2.75) is 26.9 Å². The van der Waals surface area contributed by atoms with Crippen molar-refractivity contribution >= 4 is 17.6 Å². The molecule has 0 saturated heterocycles. The van der Waals surface area contributed by atoms with Crippen LogP contribution in [0.5, 0.6) is 0 Å². The second-order valence-electron chi connectivity index (χ2n) is 5.04. The summed E-state index contributed by atoms with van der Waals surface area (Å²) >= 11 is 0. The fraction of sp³-hybridized carbons (Fsp3) is 0.429. The van der Waals surface area contributed by atoms with E-state index >= 15 is 0 Å². The number of nitrogens with two attached hydrogens (primary N) is 1. The van der Waals surface area contributed by atoms with Crippen molar-refractivity contribution in [2.24, 2.45) is 5.92 Å². The highest BCUT2D eigenvalue weighted by molar-refractivity contribution is 5.92. The lowest BCUT2D eigenvalue weighted by atomic mass is 10.2. The van der Waals surface area contributed by atoms with E-state index in [1.54, 1.807) is 0 Å². The minimum Gasteiger partial charge on any atom is -0.449 e. The molecule has 1 amide bonds. The Bertz CT molecular complexity index is 547. The number of rotatable bonds is 5. The van der Waals surface area contributed by atoms with Gasteiger partial charge in [-0.15, -0.1) is 0 Å². The fourth-order valence-electron chi connectivity index (χ4n) is 1.44. The summed E-state index contributed by atoms with van der Waals surface area (Å²) in [6.07, 6.45) is -1.11. The average Bonchev–Trinajstić information content (AvgIpc) is 2.39. The number of benzene rings is 1. The molecule has 116 valence electrons. The minimum absolute atomic E-state index is 0.237. The molecule has 0 saturated carbocycles. The molecule has 0 aromatic heterocycles. The van der Waals surface area contributed by atoms with Crippen LogP contribution in [0.2, 0.25) is 0 Å². The van der Waals surface area contributed by atoms with Gasteiger partial charge in [-0.1, -0.05) is 13.8 Å². The molecule has 0 aliphatic rings. The molecular weight excluding hydrogens is 282 g/mol. The summed E-state index contributed by atoms with van der Waals surface area (Å²) < 4.78 is 31.6. The number of carbonyl (C=O) groups excluding carboxylic acids is 2. The Morgan fingerprint density at radius 1 is 1.24 bits per heavy atom. The van der Waals surface area contributed by atoms with Gasteiger partial charge in [-0.25, -0.2) is 13.6 Å². The van der Waals surface area contributed by atoms with Gasteiger partial charge in [0.2, 0.25) is 0 Å². The van der Waals surface area contributed by atoms with Crippen LogP contribution >= 0.6 is 0 Å². The Morgan fingerprint density at radius 3 is 2.43 bits per heavy atom. The molecule has 5 nitrogen and oxygen atoms in total. The largest absolute Gasteiger partial charge is 0.449 e. The monoisotopic (exact) mass is 300 g/mol. The maximum atomic E-state index is 13.5. The standard InChI is InChI=1S/C14H18F2N2O3/c1-7(2)6-18-13(19)8(3)21-14(20)9-4-11(16)12(17)5-10(9)15/h4-5,7-8H,6,17H2,1-3H3,(H,18,19). The van der Waals surface area contributed by atoms with Crippen LogP contribution in [-0.4, -0.2) is 24.5 Å². The van der Waals surface area contributed by atoms with Crippen molar-refractivity contribution in [1.82, 2.24) is 5.32 Å². The molecule has 0 radical (unpaired) electrons. The molecule has 0 spiro atoms. The number of amides is 1. The van der Waals surface area contributed by atoms with Gasteiger partial charge in [-0.05, 0) is 18.9 Å². The highest BCUT2D eigenvalue weighted by atomic mass is 19.1. The molecule has 0 aliphatic heterocycles. The molecule has 1 aromatic carbocycles. The zero-order valence-electron chi connectivity index (χ0n) is 12.1. The van der Waals surface area contributed by atoms with Crippen LogP contribution in [0.25, 0.3) is 0 Å². The summed E-state index contributed by atoms with van der Waals surface area (Å²) in [5.41, 5.74) is 4.16. The highest BCUT2D eigenvalue weighted by Crippen LogP contribution is 2.17. The van der Waals surface area contributed by atoms with Crippen LogP contribution in [0, 0.1) is 17.6 Å². The SMILES string of the molecule is CC(C)CNC(=O)C(C)OC(=O)c1cc(F)c(N)cc1F. The number of nitrogens with one attached hydrogen (secondary N) is 1. The summed E-state index contributed by atoms with van der Waals surface area (Å²) in [5.74, 6) is -3.33. The summed E-state index contributed by atoms with van der Waals surface area (Å²) in [4.78, 5) is 23.4. The van der Waals surface area contributed by atoms with Gasteiger partial charge in [-0.2, -0.15) is 0 Å². The Balaban J connectivity index is 2.73. The lowest BCUT2D eigenvalue weighted by Gasteiger charge is -2.15. The molecule has 0 fully saturated rings. The first-order chi connectivity index (χ1) is 9.72. The molecule has 0 aliphatic carbocycles. The predicted molar refractivity (Wildman–Crippen MR) is 73.5 cm³/mol. The highest BCUT2D eigenvalue weighted by Gasteiger charge is 2.22. The van der Waals surface area contributed by atoms with Crippen LogP contribution in [0.4, 0.5) is 14.5 Å². The van der Waals surface area contributed by atoms with E-state index in [0.717, 1.165) is 0 Å². The molecule has 1 atom stereocenters. The molecule has 3 N–H and O–H groups in total. The first-order valence-corrected chi connectivity index (χ1v) is 6.45. The first-order valence-electron chi connectivity index (χ1n) is 6.45. The molecule has 1 aromatic rings. The minimum atomic E-state index is -1.13. The molecule has 1 rings (SSSR count). The van der Waals surface area contributed by atoms with Crippen LogP contribution in [0.15, 0.2) is 12.1 Å². The number of hydrogen-bond donors (Lipinski definition) is 2. The number of anilines is 1. The zero-order chi connectivity index (χ0) is 16.2. The van der Waals surface area contributed by atoms with Gasteiger partial charge in [0, 0.05) is 12.6 Å². The molecule has 0 bridgehead atoms. The lowest BCUT2D eigenvalue weighted by molar-refractivity contribution is -0.129. The van der Waals surface area contributed by atoms with Crippen LogP contribution in [-0.2, 0) is 9.53 Å². The zero-order valence-corrected chi connectivity index (χ0v) is 12.1. The second kappa shape index (κ2) is 7.01. The predicted octanol–water partition coefficient (Wildman–Crippen LogP) is 1.86. The number of ether oxygens (including phenoxy) is 1. The van der Waals surface area contributed by atoms with E-state index in [-0.39, 0.29) is 5.92 Å². The first kappa shape index (κ1) is 16.9. The number of esters is 1. The van der Waals surface area contributed by atoms with Crippen LogP contribution in [0.1, 0.15) is 31.1 Å². The molecule has 7 heteroatoms. The van der Waals surface area contributed by atoms with E-state index in [1.807, 2.05) is 13.8 Å². The third kappa shape index (κ3) is 4.70. The van der Waals surface area contributed by atoms with Gasteiger partial charge in [0.25, 0.3) is 5.91 Å². The van der Waals surface area contributed by atoms with E-state index in [2.05, 4.69) is 5.32 Å². The normalized spacial score (nSPS) is 12.1. The van der Waals surface area contributed by atoms with E-state index in [0.29, 0.717) is 18.7 Å². The number of hydrogen-bond acceptors (Lipinski definition) is 4. The van der Waals surface area contributed by atoms with Crippen LogP contribution in [0.3, 0.4) is 0 Å². The van der Waals surface area contributed by atoms with Crippen molar-refractivity contribution in [2.75, 3.05) is 12.3 Å².